The number of thioether (sulfide) groups is 1. The van der Waals surface area contributed by atoms with E-state index in [9.17, 15) is 4.79 Å². The normalized spacial score (nSPS) is 11.1. The molecule has 0 bridgehead atoms. The fraction of sp³-hybridized carbons (Fsp3) is 0.636. The second-order valence-electron chi connectivity index (χ2n) is 4.61. The van der Waals surface area contributed by atoms with Gasteiger partial charge >= 0.3 is 0 Å². The van der Waals surface area contributed by atoms with Crippen molar-refractivity contribution in [3.05, 3.63) is 0 Å². The summed E-state index contributed by atoms with van der Waals surface area (Å²) in [5.74, 6) is 0.408. The van der Waals surface area contributed by atoms with Gasteiger partial charge in [-0.15, -0.1) is 0 Å². The molecule has 0 aliphatic carbocycles. The van der Waals surface area contributed by atoms with Gasteiger partial charge in [0.05, 0.1) is 5.75 Å². The van der Waals surface area contributed by atoms with Gasteiger partial charge in [-0.3, -0.25) is 4.79 Å². The van der Waals surface area contributed by atoms with Gasteiger partial charge in [0.25, 0.3) is 0 Å². The number of nitrogens with zero attached hydrogens (tertiary/aromatic N) is 4. The summed E-state index contributed by atoms with van der Waals surface area (Å²) in [4.78, 5) is 25.5. The third-order valence-electron chi connectivity index (χ3n) is 2.37. The molecule has 0 saturated heterocycles. The van der Waals surface area contributed by atoms with E-state index in [4.69, 9.17) is 11.5 Å². The number of anilines is 2. The van der Waals surface area contributed by atoms with Crippen molar-refractivity contribution in [2.45, 2.75) is 44.9 Å². The smallest absolute Gasteiger partial charge is 0.233 e. The summed E-state index contributed by atoms with van der Waals surface area (Å²) in [6.45, 7) is 7.95. The van der Waals surface area contributed by atoms with E-state index < -0.39 is 0 Å². The molecule has 1 aromatic heterocycles. The molecule has 0 unspecified atom stereocenters. The molecule has 4 N–H and O–H groups in total. The number of amides is 1. The number of nitrogen functional groups attached to an aromatic ring is 2. The van der Waals surface area contributed by atoms with Gasteiger partial charge in [-0.25, -0.2) is 0 Å². The Hall–Kier alpha value is -1.57. The Kier molecular flexibility index (Phi) is 5.34. The Morgan fingerprint density at radius 3 is 2.00 bits per heavy atom. The highest BCUT2D eigenvalue weighted by Gasteiger charge is 2.20. The maximum absolute atomic E-state index is 12.1. The number of carbonyl (C=O) groups is 1. The Labute approximate surface area is 117 Å². The third kappa shape index (κ3) is 4.55. The zero-order valence-corrected chi connectivity index (χ0v) is 12.4. The molecular formula is C11H20N6OS. The Bertz CT molecular complexity index is 423. The second-order valence-corrected chi connectivity index (χ2v) is 5.55. The van der Waals surface area contributed by atoms with Crippen LogP contribution >= 0.6 is 11.8 Å². The fourth-order valence-electron chi connectivity index (χ4n) is 1.83. The highest BCUT2D eigenvalue weighted by molar-refractivity contribution is 7.99. The molecule has 0 aromatic carbocycles. The molecule has 0 atom stereocenters. The molecule has 0 aliphatic heterocycles. The van der Waals surface area contributed by atoms with E-state index >= 15 is 0 Å². The van der Waals surface area contributed by atoms with Crippen LogP contribution in [-0.2, 0) is 4.79 Å². The molecule has 19 heavy (non-hydrogen) atoms. The predicted molar refractivity (Wildman–Crippen MR) is 76.5 cm³/mol. The highest BCUT2D eigenvalue weighted by Crippen LogP contribution is 2.16. The maximum atomic E-state index is 12.1. The largest absolute Gasteiger partial charge is 0.368 e. The van der Waals surface area contributed by atoms with E-state index in [1.165, 1.54) is 11.8 Å². The standard InChI is InChI=1S/C11H20N6OS/c1-6(2)17(7(3)4)8(18)5-19-11-15-9(12)14-10(13)16-11/h6-7H,5H2,1-4H3,(H4,12,13,14,15,16). The molecule has 1 aromatic rings. The third-order valence-corrected chi connectivity index (χ3v) is 3.21. The maximum Gasteiger partial charge on any atom is 0.233 e. The first-order valence-corrected chi connectivity index (χ1v) is 7.00. The minimum absolute atomic E-state index is 0.0348. The molecule has 0 fully saturated rings. The van der Waals surface area contributed by atoms with Crippen molar-refractivity contribution in [3.63, 3.8) is 0 Å². The van der Waals surface area contributed by atoms with Crippen molar-refractivity contribution in [1.29, 1.82) is 0 Å². The number of hydrogen-bond acceptors (Lipinski definition) is 7. The fourth-order valence-corrected chi connectivity index (χ4v) is 2.54. The molecule has 0 radical (unpaired) electrons. The van der Waals surface area contributed by atoms with Gasteiger partial charge in [-0.05, 0) is 27.7 Å². The van der Waals surface area contributed by atoms with E-state index in [1.807, 2.05) is 32.6 Å². The second kappa shape index (κ2) is 6.55. The van der Waals surface area contributed by atoms with Crippen LogP contribution in [0.1, 0.15) is 27.7 Å². The van der Waals surface area contributed by atoms with Crippen LogP contribution in [0.3, 0.4) is 0 Å². The predicted octanol–water partition coefficient (Wildman–Crippen LogP) is 0.773. The SMILES string of the molecule is CC(C)N(C(=O)CSc1nc(N)nc(N)n1)C(C)C. The van der Waals surface area contributed by atoms with Crippen LogP contribution in [0.5, 0.6) is 0 Å². The van der Waals surface area contributed by atoms with Crippen molar-refractivity contribution in [2.24, 2.45) is 0 Å². The van der Waals surface area contributed by atoms with Gasteiger partial charge in [0, 0.05) is 12.1 Å². The molecule has 8 heteroatoms. The van der Waals surface area contributed by atoms with Crippen molar-refractivity contribution >= 4 is 29.6 Å². The number of rotatable bonds is 5. The van der Waals surface area contributed by atoms with E-state index in [2.05, 4.69) is 15.0 Å². The van der Waals surface area contributed by atoms with Crippen molar-refractivity contribution in [2.75, 3.05) is 17.2 Å². The van der Waals surface area contributed by atoms with Crippen molar-refractivity contribution in [1.82, 2.24) is 19.9 Å². The molecule has 1 heterocycles. The summed E-state index contributed by atoms with van der Waals surface area (Å²) < 4.78 is 0. The quantitative estimate of drug-likeness (QED) is 0.768. The molecule has 1 amide bonds. The Morgan fingerprint density at radius 1 is 1.11 bits per heavy atom. The van der Waals surface area contributed by atoms with E-state index in [-0.39, 0.29) is 35.6 Å². The molecule has 0 saturated carbocycles. The van der Waals surface area contributed by atoms with Crippen LogP contribution in [0.2, 0.25) is 0 Å². The van der Waals surface area contributed by atoms with E-state index in [0.717, 1.165) is 0 Å². The molecule has 1 rings (SSSR count). The first-order chi connectivity index (χ1) is 8.81. The summed E-state index contributed by atoms with van der Waals surface area (Å²) in [5, 5.41) is 0.366. The monoisotopic (exact) mass is 284 g/mol. The lowest BCUT2D eigenvalue weighted by atomic mass is 10.2. The van der Waals surface area contributed by atoms with Gasteiger partial charge in [0.2, 0.25) is 17.8 Å². The Balaban J connectivity index is 2.67. The van der Waals surface area contributed by atoms with Crippen LogP contribution in [0.25, 0.3) is 0 Å². The van der Waals surface area contributed by atoms with Gasteiger partial charge in [0.1, 0.15) is 0 Å². The van der Waals surface area contributed by atoms with Crippen LogP contribution in [0.15, 0.2) is 5.16 Å². The van der Waals surface area contributed by atoms with Gasteiger partial charge in [0.15, 0.2) is 5.16 Å². The lowest BCUT2D eigenvalue weighted by Crippen LogP contribution is -2.43. The van der Waals surface area contributed by atoms with E-state index in [0.29, 0.717) is 5.16 Å². The first kappa shape index (κ1) is 15.5. The number of carbonyl (C=O) groups excluding carboxylic acids is 1. The van der Waals surface area contributed by atoms with Gasteiger partial charge in [-0.2, -0.15) is 15.0 Å². The average Bonchev–Trinajstić information content (AvgIpc) is 2.23. The molecule has 0 spiro atoms. The summed E-state index contributed by atoms with van der Waals surface area (Å²) in [7, 11) is 0. The van der Waals surface area contributed by atoms with Gasteiger partial charge in [-0.1, -0.05) is 11.8 Å². The average molecular weight is 284 g/mol. The van der Waals surface area contributed by atoms with Gasteiger partial charge < -0.3 is 16.4 Å². The summed E-state index contributed by atoms with van der Waals surface area (Å²) >= 11 is 1.21. The number of hydrogen-bond donors (Lipinski definition) is 2. The number of aromatic nitrogens is 3. The summed E-state index contributed by atoms with van der Waals surface area (Å²) in [6.07, 6.45) is 0. The lowest BCUT2D eigenvalue weighted by Gasteiger charge is -2.30. The highest BCUT2D eigenvalue weighted by atomic mass is 32.2. The van der Waals surface area contributed by atoms with Crippen molar-refractivity contribution in [3.8, 4) is 0 Å². The Morgan fingerprint density at radius 2 is 1.58 bits per heavy atom. The molecule has 7 nitrogen and oxygen atoms in total. The summed E-state index contributed by atoms with van der Waals surface area (Å²) in [6, 6.07) is 0.309. The van der Waals surface area contributed by atoms with Crippen LogP contribution in [0.4, 0.5) is 11.9 Å². The minimum Gasteiger partial charge on any atom is -0.368 e. The number of nitrogens with two attached hydrogens (primary N) is 2. The molecular weight excluding hydrogens is 264 g/mol. The van der Waals surface area contributed by atoms with Crippen LogP contribution in [-0.4, -0.2) is 43.6 Å². The minimum atomic E-state index is 0.0348. The zero-order chi connectivity index (χ0) is 14.6. The summed E-state index contributed by atoms with van der Waals surface area (Å²) in [5.41, 5.74) is 10.9. The topological polar surface area (TPSA) is 111 Å². The van der Waals surface area contributed by atoms with E-state index in [1.54, 1.807) is 0 Å². The first-order valence-electron chi connectivity index (χ1n) is 6.02. The molecule has 106 valence electrons. The molecule has 0 aliphatic rings. The van der Waals surface area contributed by atoms with Crippen LogP contribution in [0, 0.1) is 0 Å². The lowest BCUT2D eigenvalue weighted by molar-refractivity contribution is -0.131. The van der Waals surface area contributed by atoms with Crippen LogP contribution < -0.4 is 11.5 Å². The van der Waals surface area contributed by atoms with Crippen molar-refractivity contribution < 1.29 is 4.79 Å². The zero-order valence-electron chi connectivity index (χ0n) is 11.6.